The minimum atomic E-state index is -1.20. The molecule has 1 fully saturated rings. The first-order chi connectivity index (χ1) is 29.8. The molecular formula is C39H73ClN11O12+. The van der Waals surface area contributed by atoms with Crippen molar-refractivity contribution < 1.29 is 63.3 Å². The normalized spacial score (nSPS) is 16.7. The average molecular weight is 924 g/mol. The number of carboxylic acid groups (broad SMARTS) is 1. The zero-order chi connectivity index (χ0) is 47.2. The first-order valence-corrected chi connectivity index (χ1v) is 21.9. The summed E-state index contributed by atoms with van der Waals surface area (Å²) in [6, 6.07) is 0. The number of hydrogen-bond acceptors (Lipinski definition) is 14. The van der Waals surface area contributed by atoms with E-state index in [0.29, 0.717) is 102 Å². The van der Waals surface area contributed by atoms with Crippen molar-refractivity contribution in [3.05, 3.63) is 0 Å². The maximum Gasteiger partial charge on any atom is 0.312 e. The van der Waals surface area contributed by atoms with Gasteiger partial charge >= 0.3 is 5.97 Å². The van der Waals surface area contributed by atoms with E-state index in [1.165, 1.54) is 0 Å². The summed E-state index contributed by atoms with van der Waals surface area (Å²) in [5, 5.41) is 57.4. The fourth-order valence-corrected chi connectivity index (χ4v) is 6.84. The zero-order valence-corrected chi connectivity index (χ0v) is 37.9. The molecule has 24 heteroatoms. The van der Waals surface area contributed by atoms with Crippen LogP contribution in [0.5, 0.6) is 0 Å². The highest BCUT2D eigenvalue weighted by atomic mass is 35.5. The number of hydrogen-bond donors (Lipinski definition) is 11. The zero-order valence-electron chi connectivity index (χ0n) is 37.1. The lowest BCUT2D eigenvalue weighted by Gasteiger charge is -2.48. The van der Waals surface area contributed by atoms with Crippen LogP contribution >= 0.6 is 11.6 Å². The van der Waals surface area contributed by atoms with Gasteiger partial charge < -0.3 is 71.9 Å². The molecule has 362 valence electrons. The predicted octanol–water partition coefficient (Wildman–Crippen LogP) is -5.44. The number of rotatable bonds is 36. The lowest BCUT2D eigenvalue weighted by molar-refractivity contribution is -0.970. The van der Waals surface area contributed by atoms with Crippen LogP contribution in [0, 0.1) is 0 Å². The number of aliphatic carboxylic acids is 1. The second-order valence-corrected chi connectivity index (χ2v) is 16.5. The minimum absolute atomic E-state index is 0.104. The molecule has 23 nitrogen and oxygen atoms in total. The van der Waals surface area contributed by atoms with E-state index in [9.17, 15) is 53.7 Å². The molecule has 7 amide bonds. The van der Waals surface area contributed by atoms with Crippen molar-refractivity contribution in [2.75, 3.05) is 138 Å². The molecule has 2 atom stereocenters. The van der Waals surface area contributed by atoms with Gasteiger partial charge in [0, 0.05) is 77.9 Å². The molecule has 0 radical (unpaired) electrons. The highest BCUT2D eigenvalue weighted by molar-refractivity contribution is 6.18. The molecule has 63 heavy (non-hydrogen) atoms. The minimum Gasteiger partial charge on any atom is -0.481 e. The molecule has 1 rings (SSSR count). The number of likely N-dealkylation sites (N-methyl/N-ethyl adjacent to an activating group) is 2. The van der Waals surface area contributed by atoms with Gasteiger partial charge in [-0.2, -0.15) is 0 Å². The topological polar surface area (TPSA) is 311 Å². The maximum atomic E-state index is 12.6. The summed E-state index contributed by atoms with van der Waals surface area (Å²) in [7, 11) is 5.42. The van der Waals surface area contributed by atoms with Gasteiger partial charge in [-0.1, -0.05) is 0 Å². The molecular weight excluding hydrogens is 850 g/mol. The van der Waals surface area contributed by atoms with Gasteiger partial charge in [0.25, 0.3) is 0 Å². The molecule has 0 aliphatic carbocycles. The van der Waals surface area contributed by atoms with E-state index in [4.69, 9.17) is 16.7 Å². The molecule has 0 aromatic rings. The van der Waals surface area contributed by atoms with Gasteiger partial charge in [-0.15, -0.1) is 11.6 Å². The number of carboxylic acids is 1. The summed E-state index contributed by atoms with van der Waals surface area (Å²) in [5.74, 6) is -4.46. The van der Waals surface area contributed by atoms with Crippen molar-refractivity contribution in [1.82, 2.24) is 51.9 Å². The van der Waals surface area contributed by atoms with Crippen LogP contribution in [0.4, 0.5) is 0 Å². The Kier molecular flexibility index (Phi) is 29.2. The van der Waals surface area contributed by atoms with Crippen molar-refractivity contribution in [3.63, 3.8) is 0 Å². The summed E-state index contributed by atoms with van der Waals surface area (Å²) >= 11 is 5.61. The van der Waals surface area contributed by atoms with Crippen LogP contribution in [0.2, 0.25) is 0 Å². The highest BCUT2D eigenvalue weighted by Gasteiger charge is 2.42. The number of halogens is 1. The number of likely N-dealkylation sites (tertiary alicyclic amines) is 1. The Hall–Kier alpha value is -4.23. The number of amides is 7. The van der Waals surface area contributed by atoms with E-state index >= 15 is 0 Å². The molecule has 1 heterocycles. The van der Waals surface area contributed by atoms with E-state index in [-0.39, 0.29) is 51.4 Å². The van der Waals surface area contributed by atoms with E-state index in [1.54, 1.807) is 7.05 Å². The molecule has 0 aromatic carbocycles. The Labute approximate surface area is 374 Å². The summed E-state index contributed by atoms with van der Waals surface area (Å²) in [4.78, 5) is 102. The third-order valence-electron chi connectivity index (χ3n) is 9.85. The quantitative estimate of drug-likeness (QED) is 0.0121. The summed E-state index contributed by atoms with van der Waals surface area (Å²) in [6.07, 6.45) is -1.72. The van der Waals surface area contributed by atoms with Gasteiger partial charge in [0.1, 0.15) is 38.8 Å². The first-order valence-electron chi connectivity index (χ1n) is 21.4. The number of quaternary nitrogens is 1. The highest BCUT2D eigenvalue weighted by Crippen LogP contribution is 2.19. The van der Waals surface area contributed by atoms with Crippen LogP contribution in [-0.4, -0.2) is 244 Å². The SMILES string of the molecule is CN(C)CC(O)CN(CCNC(=O)CC(=O)NCCN(C)CC(O)CCl)CCNC(=O)CC(=O)NCC[N+]1(CCNC(=O)CC(=O)NCCCCCNC(=O)CC(=O)O)CC(O)C1. The lowest BCUT2D eigenvalue weighted by Crippen LogP contribution is -2.69. The smallest absolute Gasteiger partial charge is 0.312 e. The molecule has 0 bridgehead atoms. The second kappa shape index (κ2) is 32.4. The van der Waals surface area contributed by atoms with Gasteiger partial charge in [-0.3, -0.25) is 43.3 Å². The largest absolute Gasteiger partial charge is 0.481 e. The van der Waals surface area contributed by atoms with Crippen LogP contribution in [0.15, 0.2) is 0 Å². The molecule has 11 N–H and O–H groups in total. The Morgan fingerprint density at radius 1 is 0.556 bits per heavy atom. The summed E-state index contributed by atoms with van der Waals surface area (Å²) < 4.78 is 0.431. The van der Waals surface area contributed by atoms with E-state index in [2.05, 4.69) is 37.2 Å². The first kappa shape index (κ1) is 56.8. The Bertz CT molecular complexity index is 1440. The number of alkyl halides is 1. The number of carbonyl (C=O) groups is 8. The van der Waals surface area contributed by atoms with Crippen LogP contribution in [0.25, 0.3) is 0 Å². The van der Waals surface area contributed by atoms with E-state index < -0.39 is 78.5 Å². The maximum absolute atomic E-state index is 12.6. The third kappa shape index (κ3) is 29.7. The molecule has 0 aromatic heterocycles. The molecule has 2 unspecified atom stereocenters. The van der Waals surface area contributed by atoms with Crippen LogP contribution in [-0.2, 0) is 38.4 Å². The fourth-order valence-electron chi connectivity index (χ4n) is 6.74. The number of nitrogens with one attached hydrogen (secondary N) is 7. The monoisotopic (exact) mass is 923 g/mol. The van der Waals surface area contributed by atoms with Gasteiger partial charge in [-0.05, 0) is 40.4 Å². The number of nitrogens with zero attached hydrogens (tertiary/aromatic N) is 4. The fraction of sp³-hybridized carbons (Fsp3) is 0.795. The molecule has 0 saturated carbocycles. The van der Waals surface area contributed by atoms with Crippen LogP contribution in [0.3, 0.4) is 0 Å². The Morgan fingerprint density at radius 2 is 0.952 bits per heavy atom. The molecule has 0 spiro atoms. The molecule has 1 saturated heterocycles. The number of aliphatic hydroxyl groups is 3. The van der Waals surface area contributed by atoms with Gasteiger partial charge in [-0.25, -0.2) is 0 Å². The van der Waals surface area contributed by atoms with Gasteiger partial charge in [0.2, 0.25) is 41.4 Å². The van der Waals surface area contributed by atoms with Crippen LogP contribution < -0.4 is 37.2 Å². The van der Waals surface area contributed by atoms with Crippen molar-refractivity contribution in [3.8, 4) is 0 Å². The van der Waals surface area contributed by atoms with Crippen molar-refractivity contribution in [1.29, 1.82) is 0 Å². The van der Waals surface area contributed by atoms with E-state index in [0.717, 1.165) is 0 Å². The standard InChI is InChI=1S/C39H72ClN11O12/c1-48(2)24-30(53)26-50(15-10-44-34(57)20-33(56)43-9-14-49(3)25-29(52)23-40)16-11-45-35(58)21-37(60)47-13-18-51(27-31(54)28-51)17-12-46-36(59)19-32(55)41-7-5-4-6-8-42-38(61)22-39(62)63/h29-31,52-54H,4-28H2,1-3H3,(H7-,41,42,43,44,45,46,47,55,56,57,58,59,60,61,62,63)/p+1. The Balaban J connectivity index is 2.37. The number of carbonyl (C=O) groups excluding carboxylic acids is 7. The van der Waals surface area contributed by atoms with Gasteiger partial charge in [0.05, 0.1) is 38.4 Å². The molecule has 1 aliphatic heterocycles. The summed E-state index contributed by atoms with van der Waals surface area (Å²) in [5.41, 5.74) is 0. The Morgan fingerprint density at radius 3 is 1.35 bits per heavy atom. The van der Waals surface area contributed by atoms with Crippen LogP contribution in [0.1, 0.15) is 44.9 Å². The van der Waals surface area contributed by atoms with E-state index in [1.807, 2.05) is 28.8 Å². The number of unbranched alkanes of at least 4 members (excludes halogenated alkanes) is 2. The molecule has 1 aliphatic rings. The second-order valence-electron chi connectivity index (χ2n) is 16.2. The third-order valence-corrected chi connectivity index (χ3v) is 10.2. The average Bonchev–Trinajstić information content (AvgIpc) is 3.15. The summed E-state index contributed by atoms with van der Waals surface area (Å²) in [6.45, 7) is 5.65. The number of aliphatic hydroxyl groups excluding tert-OH is 3. The lowest BCUT2D eigenvalue weighted by atomic mass is 10.1. The predicted molar refractivity (Wildman–Crippen MR) is 232 cm³/mol. The van der Waals surface area contributed by atoms with Crippen molar-refractivity contribution >= 4 is 58.9 Å². The van der Waals surface area contributed by atoms with Crippen molar-refractivity contribution in [2.24, 2.45) is 0 Å². The van der Waals surface area contributed by atoms with Gasteiger partial charge in [0.15, 0.2) is 6.10 Å². The van der Waals surface area contributed by atoms with Crippen molar-refractivity contribution in [2.45, 2.75) is 63.3 Å².